The fraction of sp³-hybridized carbons (Fsp3) is 1.00. The van der Waals surface area contributed by atoms with Crippen LogP contribution in [0.3, 0.4) is 0 Å². The molecular weight excluding hydrogens is 112 g/mol. The number of hydrogen-bond acceptors (Lipinski definition) is 1. The van der Waals surface area contributed by atoms with Gasteiger partial charge >= 0.3 is 0 Å². The topological polar surface area (TPSA) is 20.2 Å². The van der Waals surface area contributed by atoms with Crippen molar-refractivity contribution in [2.24, 2.45) is 11.8 Å². The number of hydrogen-bond donors (Lipinski definition) is 1. The van der Waals surface area contributed by atoms with Gasteiger partial charge in [0.15, 0.2) is 0 Å². The Balaban J connectivity index is 3.41. The molecule has 0 rings (SSSR count). The summed E-state index contributed by atoms with van der Waals surface area (Å²) in [4.78, 5) is 0. The molecule has 0 radical (unpaired) electrons. The molecule has 0 spiro atoms. The predicted octanol–water partition coefficient (Wildman–Crippen LogP) is 2.05. The second kappa shape index (κ2) is 4.80. The summed E-state index contributed by atoms with van der Waals surface area (Å²) in [5.74, 6) is 1.16. The Bertz CT molecular complexity index is 59.6. The van der Waals surface area contributed by atoms with Gasteiger partial charge in [-0.2, -0.15) is 0 Å². The molecule has 0 fully saturated rings. The molecule has 1 heteroatoms. The van der Waals surface area contributed by atoms with Gasteiger partial charge in [-0.25, -0.2) is 0 Å². The normalized spacial score (nSPS) is 14.3. The van der Waals surface area contributed by atoms with E-state index in [1.807, 2.05) is 0 Å². The molecular formula is C8H18O. The minimum Gasteiger partial charge on any atom is -0.396 e. The Morgan fingerprint density at radius 2 is 1.89 bits per heavy atom. The van der Waals surface area contributed by atoms with Crippen LogP contribution in [-0.2, 0) is 0 Å². The van der Waals surface area contributed by atoms with E-state index >= 15 is 0 Å². The van der Waals surface area contributed by atoms with Crippen molar-refractivity contribution >= 4 is 0 Å². The van der Waals surface area contributed by atoms with Gasteiger partial charge in [0.1, 0.15) is 0 Å². The third-order valence-corrected chi connectivity index (χ3v) is 1.84. The van der Waals surface area contributed by atoms with Crippen molar-refractivity contribution in [2.75, 3.05) is 6.61 Å². The molecule has 0 saturated carbocycles. The summed E-state index contributed by atoms with van der Waals surface area (Å²) < 4.78 is 0. The zero-order valence-electron chi connectivity index (χ0n) is 6.72. The number of aliphatic hydroxyl groups is 1. The van der Waals surface area contributed by atoms with E-state index in [9.17, 15) is 0 Å². The second-order valence-corrected chi connectivity index (χ2v) is 2.98. The van der Waals surface area contributed by atoms with Gasteiger partial charge in [0, 0.05) is 6.61 Å². The first kappa shape index (κ1) is 8.96. The van der Waals surface area contributed by atoms with Crippen LogP contribution in [0.5, 0.6) is 0 Å². The molecule has 56 valence electrons. The van der Waals surface area contributed by atoms with E-state index in [4.69, 9.17) is 5.11 Å². The molecule has 0 heterocycles. The molecule has 9 heavy (non-hydrogen) atoms. The maximum Gasteiger partial charge on any atom is 0.0461 e. The van der Waals surface area contributed by atoms with Gasteiger partial charge in [-0.15, -0.1) is 0 Å². The maximum atomic E-state index is 8.83. The van der Waals surface area contributed by atoms with Gasteiger partial charge in [0.05, 0.1) is 0 Å². The lowest BCUT2D eigenvalue weighted by atomic mass is 9.92. The monoisotopic (exact) mass is 130 g/mol. The molecule has 0 aliphatic carbocycles. The Hall–Kier alpha value is -0.0400. The van der Waals surface area contributed by atoms with Crippen LogP contribution in [0.2, 0.25) is 0 Å². The summed E-state index contributed by atoms with van der Waals surface area (Å²) in [6, 6.07) is 0. The molecule has 0 unspecified atom stereocenters. The molecule has 1 N–H and O–H groups in total. The third kappa shape index (κ3) is 3.52. The minimum absolute atomic E-state index is 0.353. The highest BCUT2D eigenvalue weighted by Gasteiger charge is 2.09. The standard InChI is InChI=1S/C8H18O/c1-4-5-8(6-9)7(2)3/h7-9H,4-6H2,1-3H3/t8-/m0/s1. The van der Waals surface area contributed by atoms with E-state index in [2.05, 4.69) is 20.8 Å². The molecule has 1 atom stereocenters. The fourth-order valence-corrected chi connectivity index (χ4v) is 1.01. The van der Waals surface area contributed by atoms with Crippen molar-refractivity contribution in [3.8, 4) is 0 Å². The highest BCUT2D eigenvalue weighted by Crippen LogP contribution is 2.15. The molecule has 0 aromatic carbocycles. The Labute approximate surface area is 58.1 Å². The van der Waals surface area contributed by atoms with Gasteiger partial charge in [-0.05, 0) is 18.3 Å². The average molecular weight is 130 g/mol. The molecule has 0 bridgehead atoms. The SMILES string of the molecule is CCC[C@@H](CO)C(C)C. The molecule has 0 saturated heterocycles. The first-order valence-corrected chi connectivity index (χ1v) is 3.83. The van der Waals surface area contributed by atoms with Crippen LogP contribution in [-0.4, -0.2) is 11.7 Å². The van der Waals surface area contributed by atoms with E-state index in [0.717, 1.165) is 6.42 Å². The summed E-state index contributed by atoms with van der Waals surface area (Å²) in [6.45, 7) is 6.84. The predicted molar refractivity (Wildman–Crippen MR) is 40.3 cm³/mol. The zero-order valence-corrected chi connectivity index (χ0v) is 6.72. The first-order valence-electron chi connectivity index (χ1n) is 3.83. The smallest absolute Gasteiger partial charge is 0.0461 e. The van der Waals surface area contributed by atoms with Gasteiger partial charge in [0.2, 0.25) is 0 Å². The van der Waals surface area contributed by atoms with Crippen molar-refractivity contribution in [1.82, 2.24) is 0 Å². The van der Waals surface area contributed by atoms with Crippen LogP contribution in [0.4, 0.5) is 0 Å². The minimum atomic E-state index is 0.353. The van der Waals surface area contributed by atoms with Crippen LogP contribution in [0, 0.1) is 11.8 Å². The lowest BCUT2D eigenvalue weighted by Gasteiger charge is -2.16. The quantitative estimate of drug-likeness (QED) is 0.617. The Morgan fingerprint density at radius 3 is 2.00 bits per heavy atom. The van der Waals surface area contributed by atoms with E-state index < -0.39 is 0 Å². The molecule has 0 aliphatic rings. The molecule has 0 aromatic rings. The lowest BCUT2D eigenvalue weighted by Crippen LogP contribution is -2.12. The fourth-order valence-electron chi connectivity index (χ4n) is 1.01. The first-order chi connectivity index (χ1) is 4.22. The molecule has 0 aromatic heterocycles. The third-order valence-electron chi connectivity index (χ3n) is 1.84. The van der Waals surface area contributed by atoms with E-state index in [0.29, 0.717) is 18.4 Å². The van der Waals surface area contributed by atoms with Gasteiger partial charge in [0.25, 0.3) is 0 Å². The summed E-state index contributed by atoms with van der Waals surface area (Å²) in [5, 5.41) is 8.83. The Morgan fingerprint density at radius 1 is 1.33 bits per heavy atom. The number of rotatable bonds is 4. The summed E-state index contributed by atoms with van der Waals surface area (Å²) in [6.07, 6.45) is 2.34. The van der Waals surface area contributed by atoms with E-state index in [1.54, 1.807) is 0 Å². The lowest BCUT2D eigenvalue weighted by molar-refractivity contribution is 0.180. The van der Waals surface area contributed by atoms with E-state index in [-0.39, 0.29) is 0 Å². The van der Waals surface area contributed by atoms with Gasteiger partial charge in [-0.1, -0.05) is 27.2 Å². The maximum absolute atomic E-state index is 8.83. The highest BCUT2D eigenvalue weighted by atomic mass is 16.3. The summed E-state index contributed by atoms with van der Waals surface area (Å²) >= 11 is 0. The van der Waals surface area contributed by atoms with Crippen molar-refractivity contribution in [1.29, 1.82) is 0 Å². The van der Waals surface area contributed by atoms with Crippen LogP contribution in [0.15, 0.2) is 0 Å². The van der Waals surface area contributed by atoms with E-state index in [1.165, 1.54) is 6.42 Å². The summed E-state index contributed by atoms with van der Waals surface area (Å²) in [7, 11) is 0. The largest absolute Gasteiger partial charge is 0.396 e. The van der Waals surface area contributed by atoms with Crippen LogP contribution in [0.1, 0.15) is 33.6 Å². The molecule has 0 aliphatic heterocycles. The highest BCUT2D eigenvalue weighted by molar-refractivity contribution is 4.59. The molecule has 0 amide bonds. The van der Waals surface area contributed by atoms with Crippen LogP contribution < -0.4 is 0 Å². The van der Waals surface area contributed by atoms with Crippen molar-refractivity contribution < 1.29 is 5.11 Å². The van der Waals surface area contributed by atoms with Gasteiger partial charge in [-0.3, -0.25) is 0 Å². The molecule has 1 nitrogen and oxygen atoms in total. The summed E-state index contributed by atoms with van der Waals surface area (Å²) in [5.41, 5.74) is 0. The van der Waals surface area contributed by atoms with Crippen molar-refractivity contribution in [3.63, 3.8) is 0 Å². The van der Waals surface area contributed by atoms with Gasteiger partial charge < -0.3 is 5.11 Å². The van der Waals surface area contributed by atoms with Crippen molar-refractivity contribution in [3.05, 3.63) is 0 Å². The average Bonchev–Trinajstić information content (AvgIpc) is 1.82. The van der Waals surface area contributed by atoms with Crippen molar-refractivity contribution in [2.45, 2.75) is 33.6 Å². The second-order valence-electron chi connectivity index (χ2n) is 2.98. The van der Waals surface area contributed by atoms with Crippen LogP contribution >= 0.6 is 0 Å². The zero-order chi connectivity index (χ0) is 7.28. The Kier molecular flexibility index (Phi) is 4.78. The van der Waals surface area contributed by atoms with Crippen LogP contribution in [0.25, 0.3) is 0 Å². The number of aliphatic hydroxyl groups excluding tert-OH is 1.